The zero-order valence-corrected chi connectivity index (χ0v) is 12.0. The van der Waals surface area contributed by atoms with Crippen molar-refractivity contribution >= 4 is 30.4 Å². The summed E-state index contributed by atoms with van der Waals surface area (Å²) in [5, 5.41) is 0. The maximum absolute atomic E-state index is 5.43. The number of nitrogens with zero attached hydrogens (tertiary/aromatic N) is 1. The molecule has 0 aliphatic carbocycles. The highest BCUT2D eigenvalue weighted by Gasteiger charge is 2.27. The Kier molecular flexibility index (Phi) is 7.16. The fraction of sp³-hybridized carbons (Fsp3) is 1.00. The van der Waals surface area contributed by atoms with E-state index in [1.807, 2.05) is 0 Å². The van der Waals surface area contributed by atoms with E-state index < -0.39 is 8.30 Å². The Morgan fingerprint density at radius 2 is 1.54 bits per heavy atom. The summed E-state index contributed by atoms with van der Waals surface area (Å²) < 4.78 is 7.80. The smallest absolute Gasteiger partial charge is 0.121 e. The van der Waals surface area contributed by atoms with Crippen molar-refractivity contribution in [2.24, 2.45) is 0 Å². The summed E-state index contributed by atoms with van der Waals surface area (Å²) in [7, 11) is 1.76. The summed E-state index contributed by atoms with van der Waals surface area (Å²) in [6.45, 7) is 10.8. The van der Waals surface area contributed by atoms with Crippen molar-refractivity contribution in [2.75, 3.05) is 0 Å². The normalized spacial score (nSPS) is 17.1. The Bertz CT molecular complexity index is 136. The summed E-state index contributed by atoms with van der Waals surface area (Å²) in [6, 6.07) is 1.00. The van der Waals surface area contributed by atoms with Crippen LogP contribution in [0.25, 0.3) is 0 Å². The highest BCUT2D eigenvalue weighted by molar-refractivity contribution is 7.89. The zero-order chi connectivity index (χ0) is 10.6. The molecule has 2 nitrogen and oxygen atoms in total. The number of hydrogen-bond donors (Lipinski definition) is 1. The van der Waals surface area contributed by atoms with Gasteiger partial charge in [-0.2, -0.15) is 12.6 Å². The highest BCUT2D eigenvalue weighted by Crippen LogP contribution is 2.51. The maximum atomic E-state index is 5.43. The van der Waals surface area contributed by atoms with Crippen molar-refractivity contribution in [1.29, 1.82) is 0 Å². The molecule has 0 aromatic rings. The van der Waals surface area contributed by atoms with Gasteiger partial charge in [-0.15, -0.1) is 0 Å². The molecule has 0 bridgehead atoms. The quantitative estimate of drug-likeness (QED) is 0.584. The molecule has 0 saturated carbocycles. The molecule has 0 amide bonds. The standard InChI is InChI=1S/C8H21NOP2S/c1-6(2)9(7(3)4)12(10-11)8(5)13/h6-8,13H,11H2,1-5H3. The lowest BCUT2D eigenvalue weighted by Gasteiger charge is -2.37. The molecule has 0 aromatic heterocycles. The summed E-state index contributed by atoms with van der Waals surface area (Å²) in [4.78, 5) is 0.275. The average molecular weight is 241 g/mol. The number of rotatable bonds is 5. The molecule has 3 unspecified atom stereocenters. The number of hydrogen-bond acceptors (Lipinski definition) is 3. The van der Waals surface area contributed by atoms with Crippen molar-refractivity contribution in [3.05, 3.63) is 0 Å². The maximum Gasteiger partial charge on any atom is 0.121 e. The molecule has 80 valence electrons. The molecule has 0 saturated heterocycles. The van der Waals surface area contributed by atoms with E-state index in [4.69, 9.17) is 4.31 Å². The van der Waals surface area contributed by atoms with Gasteiger partial charge in [-0.1, -0.05) is 0 Å². The third kappa shape index (κ3) is 4.44. The lowest BCUT2D eigenvalue weighted by Crippen LogP contribution is -2.34. The van der Waals surface area contributed by atoms with Crippen molar-refractivity contribution in [1.82, 2.24) is 4.67 Å². The summed E-state index contributed by atoms with van der Waals surface area (Å²) in [5.74, 6) is 0. The molecule has 13 heavy (non-hydrogen) atoms. The minimum absolute atomic E-state index is 0.275. The van der Waals surface area contributed by atoms with Gasteiger partial charge in [0.1, 0.15) is 8.30 Å². The largest absolute Gasteiger partial charge is 0.327 e. The van der Waals surface area contributed by atoms with Crippen LogP contribution in [-0.4, -0.2) is 21.7 Å². The topological polar surface area (TPSA) is 12.5 Å². The molecular weight excluding hydrogens is 220 g/mol. The van der Waals surface area contributed by atoms with Crippen molar-refractivity contribution < 1.29 is 4.31 Å². The molecule has 0 fully saturated rings. The lowest BCUT2D eigenvalue weighted by atomic mass is 10.3. The first-order chi connectivity index (χ1) is 5.91. The molecule has 0 aliphatic rings. The number of thiol groups is 1. The van der Waals surface area contributed by atoms with Gasteiger partial charge in [-0.05, 0) is 34.6 Å². The van der Waals surface area contributed by atoms with Crippen molar-refractivity contribution in [3.63, 3.8) is 0 Å². The molecule has 0 aliphatic heterocycles. The zero-order valence-electron chi connectivity index (χ0n) is 9.06. The van der Waals surface area contributed by atoms with E-state index in [1.54, 1.807) is 0 Å². The summed E-state index contributed by atoms with van der Waals surface area (Å²) in [5.41, 5.74) is 0. The first-order valence-electron chi connectivity index (χ1n) is 4.54. The predicted octanol–water partition coefficient (Wildman–Crippen LogP) is 3.50. The van der Waals surface area contributed by atoms with Crippen LogP contribution < -0.4 is 0 Å². The lowest BCUT2D eigenvalue weighted by molar-refractivity contribution is 0.303. The van der Waals surface area contributed by atoms with Crippen LogP contribution in [0.3, 0.4) is 0 Å². The molecule has 3 atom stereocenters. The fourth-order valence-corrected chi connectivity index (χ4v) is 4.67. The van der Waals surface area contributed by atoms with Gasteiger partial charge in [0.15, 0.2) is 0 Å². The van der Waals surface area contributed by atoms with E-state index >= 15 is 0 Å². The van der Waals surface area contributed by atoms with Crippen LogP contribution in [0.2, 0.25) is 0 Å². The minimum atomic E-state index is -0.599. The monoisotopic (exact) mass is 241 g/mol. The van der Waals surface area contributed by atoms with Crippen molar-refractivity contribution in [3.8, 4) is 0 Å². The third-order valence-electron chi connectivity index (χ3n) is 1.71. The molecule has 0 spiro atoms. The first kappa shape index (κ1) is 14.1. The second-order valence-electron chi connectivity index (χ2n) is 3.61. The Hall–Kier alpha value is 1.13. The van der Waals surface area contributed by atoms with Gasteiger partial charge in [0.05, 0.1) is 4.99 Å². The van der Waals surface area contributed by atoms with Gasteiger partial charge < -0.3 is 4.31 Å². The van der Waals surface area contributed by atoms with Gasteiger partial charge in [-0.3, -0.25) is 4.67 Å². The van der Waals surface area contributed by atoms with E-state index in [0.717, 1.165) is 0 Å². The van der Waals surface area contributed by atoms with E-state index in [-0.39, 0.29) is 4.99 Å². The van der Waals surface area contributed by atoms with Crippen LogP contribution in [0.5, 0.6) is 0 Å². The molecule has 0 rings (SSSR count). The molecule has 0 N–H and O–H groups in total. The molecule has 5 heteroatoms. The van der Waals surface area contributed by atoms with Gasteiger partial charge in [0, 0.05) is 21.6 Å². The molecule has 0 radical (unpaired) electrons. The first-order valence-corrected chi connectivity index (χ1v) is 6.81. The average Bonchev–Trinajstić information content (AvgIpc) is 1.97. The second-order valence-corrected chi connectivity index (χ2v) is 7.47. The SMILES string of the molecule is CC(C)N(C(C)C)P(OP)C(C)S. The Labute approximate surface area is 91.4 Å². The fourth-order valence-electron chi connectivity index (χ4n) is 1.39. The van der Waals surface area contributed by atoms with Crippen molar-refractivity contribution in [2.45, 2.75) is 51.7 Å². The Morgan fingerprint density at radius 3 is 1.62 bits per heavy atom. The highest BCUT2D eigenvalue weighted by atomic mass is 32.1. The minimum Gasteiger partial charge on any atom is -0.327 e. The van der Waals surface area contributed by atoms with E-state index in [1.165, 1.54) is 0 Å². The van der Waals surface area contributed by atoms with Gasteiger partial charge >= 0.3 is 0 Å². The van der Waals surface area contributed by atoms with Crippen LogP contribution in [0, 0.1) is 0 Å². The van der Waals surface area contributed by atoms with Crippen LogP contribution in [0.15, 0.2) is 0 Å². The van der Waals surface area contributed by atoms with Crippen LogP contribution in [-0.2, 0) is 4.31 Å². The van der Waals surface area contributed by atoms with Gasteiger partial charge in [0.2, 0.25) is 0 Å². The second kappa shape index (κ2) is 6.58. The molecule has 0 heterocycles. The van der Waals surface area contributed by atoms with Gasteiger partial charge in [-0.25, -0.2) is 0 Å². The predicted molar refractivity (Wildman–Crippen MR) is 68.3 cm³/mol. The third-order valence-corrected chi connectivity index (χ3v) is 5.19. The van der Waals surface area contributed by atoms with Crippen LogP contribution >= 0.6 is 30.4 Å². The van der Waals surface area contributed by atoms with Crippen LogP contribution in [0.4, 0.5) is 0 Å². The van der Waals surface area contributed by atoms with Gasteiger partial charge in [0.25, 0.3) is 0 Å². The Balaban J connectivity index is 4.49. The van der Waals surface area contributed by atoms with E-state index in [9.17, 15) is 0 Å². The Morgan fingerprint density at radius 1 is 1.15 bits per heavy atom. The van der Waals surface area contributed by atoms with E-state index in [2.05, 4.69) is 61.4 Å². The molecular formula is C8H21NOP2S. The molecule has 0 aromatic carbocycles. The summed E-state index contributed by atoms with van der Waals surface area (Å²) in [6.07, 6.45) is 0. The summed E-state index contributed by atoms with van der Waals surface area (Å²) >= 11 is 4.45. The van der Waals surface area contributed by atoms with Crippen LogP contribution in [0.1, 0.15) is 34.6 Å². The van der Waals surface area contributed by atoms with E-state index in [0.29, 0.717) is 12.1 Å².